The van der Waals surface area contributed by atoms with Crippen LogP contribution in [0.3, 0.4) is 0 Å². The van der Waals surface area contributed by atoms with Crippen molar-refractivity contribution in [2.45, 2.75) is 32.7 Å². The third-order valence-electron chi connectivity index (χ3n) is 3.48. The summed E-state index contributed by atoms with van der Waals surface area (Å²) in [6, 6.07) is 16.6. The fourth-order valence-electron chi connectivity index (χ4n) is 2.23. The van der Waals surface area contributed by atoms with Crippen molar-refractivity contribution in [3.05, 3.63) is 65.2 Å². The van der Waals surface area contributed by atoms with Gasteiger partial charge in [0.2, 0.25) is 0 Å². The van der Waals surface area contributed by atoms with Crippen LogP contribution in [0, 0.1) is 6.92 Å². The van der Waals surface area contributed by atoms with Crippen molar-refractivity contribution in [2.24, 2.45) is 5.73 Å². The van der Waals surface area contributed by atoms with Gasteiger partial charge in [-0.15, -0.1) is 0 Å². The summed E-state index contributed by atoms with van der Waals surface area (Å²) in [7, 11) is 0. The second-order valence-electron chi connectivity index (χ2n) is 5.15. The van der Waals surface area contributed by atoms with Crippen molar-refractivity contribution in [1.29, 1.82) is 0 Å². The molecule has 0 aliphatic carbocycles. The molecule has 2 rings (SSSR count). The number of hydrogen-bond donors (Lipinski definition) is 1. The van der Waals surface area contributed by atoms with Crippen LogP contribution in [0.4, 0.5) is 0 Å². The molecule has 2 aromatic rings. The van der Waals surface area contributed by atoms with E-state index in [1.54, 1.807) is 0 Å². The fourth-order valence-corrected chi connectivity index (χ4v) is 2.23. The number of nitrogens with two attached hydrogens (primary N) is 1. The standard InChI is InChI=1S/C18H23NO/c1-3-12-20-17-10-8-15(9-11-17)18(19)13-16-7-5-4-6-14(16)2/h4-11,18H,3,12-13,19H2,1-2H3. The number of aryl methyl sites for hydroxylation is 1. The molecule has 0 heterocycles. The minimum Gasteiger partial charge on any atom is -0.494 e. The van der Waals surface area contributed by atoms with Gasteiger partial charge in [-0.25, -0.2) is 0 Å². The van der Waals surface area contributed by atoms with Gasteiger partial charge in [-0.05, 0) is 48.6 Å². The van der Waals surface area contributed by atoms with E-state index in [0.717, 1.165) is 30.8 Å². The predicted octanol–water partition coefficient (Wildman–Crippen LogP) is 4.03. The molecular weight excluding hydrogens is 246 g/mol. The van der Waals surface area contributed by atoms with E-state index in [1.165, 1.54) is 11.1 Å². The Hall–Kier alpha value is -1.80. The molecule has 106 valence electrons. The summed E-state index contributed by atoms with van der Waals surface area (Å²) in [4.78, 5) is 0. The Labute approximate surface area is 121 Å². The number of benzene rings is 2. The van der Waals surface area contributed by atoms with Crippen LogP contribution >= 0.6 is 0 Å². The van der Waals surface area contributed by atoms with Gasteiger partial charge in [0.1, 0.15) is 5.75 Å². The zero-order chi connectivity index (χ0) is 14.4. The van der Waals surface area contributed by atoms with Crippen LogP contribution in [0.5, 0.6) is 5.75 Å². The maximum Gasteiger partial charge on any atom is 0.119 e. The van der Waals surface area contributed by atoms with Gasteiger partial charge in [-0.1, -0.05) is 43.3 Å². The van der Waals surface area contributed by atoms with Crippen molar-refractivity contribution in [1.82, 2.24) is 0 Å². The molecular formula is C18H23NO. The molecule has 1 unspecified atom stereocenters. The first kappa shape index (κ1) is 14.6. The Bertz CT molecular complexity index is 533. The molecule has 2 aromatic carbocycles. The Balaban J connectivity index is 2.02. The third-order valence-corrected chi connectivity index (χ3v) is 3.48. The summed E-state index contributed by atoms with van der Waals surface area (Å²) in [5, 5.41) is 0. The first-order chi connectivity index (χ1) is 9.70. The summed E-state index contributed by atoms with van der Waals surface area (Å²) >= 11 is 0. The molecule has 0 radical (unpaired) electrons. The van der Waals surface area contributed by atoms with Crippen molar-refractivity contribution >= 4 is 0 Å². The first-order valence-corrected chi connectivity index (χ1v) is 7.23. The van der Waals surface area contributed by atoms with Crippen molar-refractivity contribution in [3.8, 4) is 5.75 Å². The summed E-state index contributed by atoms with van der Waals surface area (Å²) in [5.41, 5.74) is 10.1. The molecule has 0 amide bonds. The molecule has 0 bridgehead atoms. The van der Waals surface area contributed by atoms with Crippen LogP contribution in [0.1, 0.15) is 36.1 Å². The van der Waals surface area contributed by atoms with E-state index in [0.29, 0.717) is 0 Å². The van der Waals surface area contributed by atoms with Crippen molar-refractivity contribution < 1.29 is 4.74 Å². The average Bonchev–Trinajstić information content (AvgIpc) is 2.48. The molecule has 0 spiro atoms. The van der Waals surface area contributed by atoms with Crippen LogP contribution in [0.15, 0.2) is 48.5 Å². The molecule has 0 fully saturated rings. The summed E-state index contributed by atoms with van der Waals surface area (Å²) in [6.45, 7) is 4.99. The highest BCUT2D eigenvalue weighted by molar-refractivity contribution is 5.32. The largest absolute Gasteiger partial charge is 0.494 e. The smallest absolute Gasteiger partial charge is 0.119 e. The summed E-state index contributed by atoms with van der Waals surface area (Å²) in [5.74, 6) is 0.915. The summed E-state index contributed by atoms with van der Waals surface area (Å²) < 4.78 is 5.59. The van der Waals surface area contributed by atoms with E-state index in [4.69, 9.17) is 10.5 Å². The van der Waals surface area contributed by atoms with E-state index in [1.807, 2.05) is 12.1 Å². The van der Waals surface area contributed by atoms with Crippen LogP contribution in [-0.2, 0) is 6.42 Å². The summed E-state index contributed by atoms with van der Waals surface area (Å²) in [6.07, 6.45) is 1.89. The SMILES string of the molecule is CCCOc1ccc(C(N)Cc2ccccc2C)cc1. The molecule has 0 aromatic heterocycles. The highest BCUT2D eigenvalue weighted by atomic mass is 16.5. The molecule has 0 saturated heterocycles. The second kappa shape index (κ2) is 7.11. The molecule has 2 N–H and O–H groups in total. The van der Waals surface area contributed by atoms with E-state index in [2.05, 4.69) is 50.2 Å². The zero-order valence-corrected chi connectivity index (χ0v) is 12.3. The third kappa shape index (κ3) is 3.84. The molecule has 0 aliphatic heterocycles. The Morgan fingerprint density at radius 3 is 2.40 bits per heavy atom. The molecule has 2 heteroatoms. The molecule has 20 heavy (non-hydrogen) atoms. The van der Waals surface area contributed by atoms with Gasteiger partial charge < -0.3 is 10.5 Å². The normalized spacial score (nSPS) is 12.2. The molecule has 0 saturated carbocycles. The highest BCUT2D eigenvalue weighted by Crippen LogP contribution is 2.21. The van der Waals surface area contributed by atoms with Crippen LogP contribution < -0.4 is 10.5 Å². The van der Waals surface area contributed by atoms with E-state index >= 15 is 0 Å². The average molecular weight is 269 g/mol. The van der Waals surface area contributed by atoms with Gasteiger partial charge in [0.05, 0.1) is 6.61 Å². The maximum absolute atomic E-state index is 6.31. The minimum absolute atomic E-state index is 0.0244. The topological polar surface area (TPSA) is 35.2 Å². The lowest BCUT2D eigenvalue weighted by atomic mass is 9.97. The number of rotatable bonds is 6. The van der Waals surface area contributed by atoms with Crippen LogP contribution in [0.2, 0.25) is 0 Å². The van der Waals surface area contributed by atoms with Gasteiger partial charge in [-0.3, -0.25) is 0 Å². The molecule has 1 atom stereocenters. The Morgan fingerprint density at radius 2 is 1.75 bits per heavy atom. The number of ether oxygens (including phenoxy) is 1. The lowest BCUT2D eigenvalue weighted by Crippen LogP contribution is -2.13. The van der Waals surface area contributed by atoms with Crippen molar-refractivity contribution in [3.63, 3.8) is 0 Å². The maximum atomic E-state index is 6.31. The Morgan fingerprint density at radius 1 is 1.05 bits per heavy atom. The minimum atomic E-state index is 0.0244. The number of hydrogen-bond acceptors (Lipinski definition) is 2. The zero-order valence-electron chi connectivity index (χ0n) is 12.3. The van der Waals surface area contributed by atoms with Gasteiger partial charge in [-0.2, -0.15) is 0 Å². The van der Waals surface area contributed by atoms with E-state index in [9.17, 15) is 0 Å². The van der Waals surface area contributed by atoms with Gasteiger partial charge in [0.25, 0.3) is 0 Å². The predicted molar refractivity (Wildman–Crippen MR) is 84.0 cm³/mol. The van der Waals surface area contributed by atoms with Gasteiger partial charge in [0.15, 0.2) is 0 Å². The Kier molecular flexibility index (Phi) is 5.19. The first-order valence-electron chi connectivity index (χ1n) is 7.23. The fraction of sp³-hybridized carbons (Fsp3) is 0.333. The van der Waals surface area contributed by atoms with Crippen molar-refractivity contribution in [2.75, 3.05) is 6.61 Å². The van der Waals surface area contributed by atoms with Gasteiger partial charge >= 0.3 is 0 Å². The monoisotopic (exact) mass is 269 g/mol. The van der Waals surface area contributed by atoms with Crippen LogP contribution in [0.25, 0.3) is 0 Å². The van der Waals surface area contributed by atoms with Crippen LogP contribution in [-0.4, -0.2) is 6.61 Å². The van der Waals surface area contributed by atoms with E-state index < -0.39 is 0 Å². The van der Waals surface area contributed by atoms with Gasteiger partial charge in [0, 0.05) is 6.04 Å². The quantitative estimate of drug-likeness (QED) is 0.859. The molecule has 2 nitrogen and oxygen atoms in total. The highest BCUT2D eigenvalue weighted by Gasteiger charge is 2.08. The van der Waals surface area contributed by atoms with E-state index in [-0.39, 0.29) is 6.04 Å². The lowest BCUT2D eigenvalue weighted by Gasteiger charge is -2.14. The lowest BCUT2D eigenvalue weighted by molar-refractivity contribution is 0.317. The molecule has 0 aliphatic rings. The second-order valence-corrected chi connectivity index (χ2v) is 5.15.